The summed E-state index contributed by atoms with van der Waals surface area (Å²) in [5, 5.41) is 2.66. The van der Waals surface area contributed by atoms with Crippen molar-refractivity contribution in [1.29, 1.82) is 0 Å². The molecule has 1 fully saturated rings. The number of halogens is 3. The van der Waals surface area contributed by atoms with Gasteiger partial charge in [-0.3, -0.25) is 9.69 Å². The van der Waals surface area contributed by atoms with E-state index in [1.807, 2.05) is 4.90 Å². The Labute approximate surface area is 153 Å². The SMILES string of the molecule is CCOC(=O)CN1CCN(C(=O)Nc2ccc(SC(F)(F)F)cc2)CC1. The highest BCUT2D eigenvalue weighted by molar-refractivity contribution is 8.00. The van der Waals surface area contributed by atoms with Crippen LogP contribution in [0.5, 0.6) is 0 Å². The van der Waals surface area contributed by atoms with Crippen LogP contribution in [0.4, 0.5) is 23.7 Å². The Morgan fingerprint density at radius 2 is 1.77 bits per heavy atom. The lowest BCUT2D eigenvalue weighted by Gasteiger charge is -2.34. The Bertz CT molecular complexity index is 617. The van der Waals surface area contributed by atoms with Crippen LogP contribution in [0.3, 0.4) is 0 Å². The molecule has 0 aliphatic carbocycles. The zero-order chi connectivity index (χ0) is 19.2. The quantitative estimate of drug-likeness (QED) is 0.618. The molecule has 1 aliphatic heterocycles. The van der Waals surface area contributed by atoms with Gasteiger partial charge in [0, 0.05) is 36.8 Å². The number of ether oxygens (including phenoxy) is 1. The summed E-state index contributed by atoms with van der Waals surface area (Å²) < 4.78 is 41.8. The number of thioether (sulfide) groups is 1. The monoisotopic (exact) mass is 391 g/mol. The molecule has 0 unspecified atom stereocenters. The molecule has 0 spiro atoms. The molecule has 1 N–H and O–H groups in total. The van der Waals surface area contributed by atoms with Crippen molar-refractivity contribution >= 4 is 29.4 Å². The molecule has 1 aromatic carbocycles. The van der Waals surface area contributed by atoms with E-state index in [0.717, 1.165) is 0 Å². The zero-order valence-electron chi connectivity index (χ0n) is 14.2. The summed E-state index contributed by atoms with van der Waals surface area (Å²) in [5.74, 6) is -0.290. The maximum atomic E-state index is 12.3. The number of benzene rings is 1. The first-order valence-electron chi connectivity index (χ1n) is 8.06. The van der Waals surface area contributed by atoms with Crippen molar-refractivity contribution < 1.29 is 27.5 Å². The highest BCUT2D eigenvalue weighted by Crippen LogP contribution is 2.37. The lowest BCUT2D eigenvalue weighted by Crippen LogP contribution is -2.51. The fourth-order valence-electron chi connectivity index (χ4n) is 2.44. The fourth-order valence-corrected chi connectivity index (χ4v) is 2.98. The van der Waals surface area contributed by atoms with Crippen LogP contribution in [-0.4, -0.2) is 66.6 Å². The van der Waals surface area contributed by atoms with Crippen molar-refractivity contribution in [3.8, 4) is 0 Å². The highest BCUT2D eigenvalue weighted by atomic mass is 32.2. The van der Waals surface area contributed by atoms with Crippen molar-refractivity contribution in [2.24, 2.45) is 0 Å². The predicted molar refractivity (Wildman–Crippen MR) is 92.0 cm³/mol. The molecule has 6 nitrogen and oxygen atoms in total. The van der Waals surface area contributed by atoms with Gasteiger partial charge in [0.1, 0.15) is 0 Å². The topological polar surface area (TPSA) is 61.9 Å². The van der Waals surface area contributed by atoms with Crippen LogP contribution in [0.1, 0.15) is 6.92 Å². The number of nitrogens with one attached hydrogen (secondary N) is 1. The van der Waals surface area contributed by atoms with Crippen LogP contribution in [0, 0.1) is 0 Å². The van der Waals surface area contributed by atoms with Crippen molar-refractivity contribution in [1.82, 2.24) is 9.80 Å². The number of carbonyl (C=O) groups excluding carboxylic acids is 2. The number of amides is 2. The molecular weight excluding hydrogens is 371 g/mol. The third kappa shape index (κ3) is 6.75. The predicted octanol–water partition coefficient (Wildman–Crippen LogP) is 3.01. The lowest BCUT2D eigenvalue weighted by molar-refractivity contribution is -0.144. The van der Waals surface area contributed by atoms with Gasteiger partial charge < -0.3 is 15.0 Å². The molecule has 0 atom stereocenters. The zero-order valence-corrected chi connectivity index (χ0v) is 15.0. The van der Waals surface area contributed by atoms with E-state index in [9.17, 15) is 22.8 Å². The van der Waals surface area contributed by atoms with Crippen molar-refractivity contribution in [2.75, 3.05) is 44.6 Å². The Morgan fingerprint density at radius 3 is 2.31 bits per heavy atom. The second-order valence-electron chi connectivity index (χ2n) is 5.57. The van der Waals surface area contributed by atoms with Gasteiger partial charge in [0.15, 0.2) is 0 Å². The van der Waals surface area contributed by atoms with Crippen LogP contribution >= 0.6 is 11.8 Å². The minimum atomic E-state index is -4.34. The molecule has 1 aromatic rings. The molecule has 0 radical (unpaired) electrons. The number of hydrogen-bond donors (Lipinski definition) is 1. The number of carbonyl (C=O) groups is 2. The average molecular weight is 391 g/mol. The molecule has 144 valence electrons. The van der Waals surface area contributed by atoms with Gasteiger partial charge >= 0.3 is 17.5 Å². The first-order valence-corrected chi connectivity index (χ1v) is 8.88. The molecule has 1 aliphatic rings. The van der Waals surface area contributed by atoms with E-state index in [0.29, 0.717) is 38.5 Å². The van der Waals surface area contributed by atoms with Gasteiger partial charge in [0.2, 0.25) is 0 Å². The summed E-state index contributed by atoms with van der Waals surface area (Å²) in [6.45, 7) is 4.28. The minimum absolute atomic E-state index is 0.0584. The van der Waals surface area contributed by atoms with E-state index in [1.54, 1.807) is 11.8 Å². The Balaban J connectivity index is 1.79. The summed E-state index contributed by atoms with van der Waals surface area (Å²) in [4.78, 5) is 27.2. The van der Waals surface area contributed by atoms with Crippen LogP contribution in [-0.2, 0) is 9.53 Å². The Kier molecular flexibility index (Phi) is 7.15. The molecule has 26 heavy (non-hydrogen) atoms. The number of hydrogen-bond acceptors (Lipinski definition) is 5. The summed E-state index contributed by atoms with van der Waals surface area (Å²) in [7, 11) is 0. The summed E-state index contributed by atoms with van der Waals surface area (Å²) in [5.41, 5.74) is -3.91. The van der Waals surface area contributed by atoms with E-state index in [1.165, 1.54) is 24.3 Å². The Morgan fingerprint density at radius 1 is 1.15 bits per heavy atom. The van der Waals surface area contributed by atoms with Crippen LogP contribution < -0.4 is 5.32 Å². The van der Waals surface area contributed by atoms with Gasteiger partial charge in [-0.25, -0.2) is 4.79 Å². The van der Waals surface area contributed by atoms with Crippen molar-refractivity contribution in [3.05, 3.63) is 24.3 Å². The van der Waals surface area contributed by atoms with E-state index < -0.39 is 5.51 Å². The minimum Gasteiger partial charge on any atom is -0.465 e. The number of alkyl halides is 3. The smallest absolute Gasteiger partial charge is 0.446 e. The van der Waals surface area contributed by atoms with Gasteiger partial charge in [-0.05, 0) is 43.0 Å². The van der Waals surface area contributed by atoms with Crippen molar-refractivity contribution in [2.45, 2.75) is 17.3 Å². The van der Waals surface area contributed by atoms with Gasteiger partial charge in [0.25, 0.3) is 0 Å². The van der Waals surface area contributed by atoms with E-state index in [-0.39, 0.29) is 35.2 Å². The first-order chi connectivity index (χ1) is 12.3. The number of esters is 1. The Hall–Kier alpha value is -1.94. The molecule has 2 rings (SSSR count). The van der Waals surface area contributed by atoms with Crippen molar-refractivity contribution in [3.63, 3.8) is 0 Å². The molecule has 2 amide bonds. The normalized spacial score (nSPS) is 15.6. The number of urea groups is 1. The summed E-state index contributed by atoms with van der Waals surface area (Å²) >= 11 is -0.202. The molecule has 1 saturated heterocycles. The van der Waals surface area contributed by atoms with E-state index >= 15 is 0 Å². The van der Waals surface area contributed by atoms with Crippen LogP contribution in [0.15, 0.2) is 29.2 Å². The lowest BCUT2D eigenvalue weighted by atomic mass is 10.3. The average Bonchev–Trinajstić information content (AvgIpc) is 2.56. The highest BCUT2D eigenvalue weighted by Gasteiger charge is 2.29. The van der Waals surface area contributed by atoms with Gasteiger partial charge in [-0.1, -0.05) is 0 Å². The summed E-state index contributed by atoms with van der Waals surface area (Å²) in [6, 6.07) is 5.17. The molecule has 0 saturated carbocycles. The van der Waals surface area contributed by atoms with Gasteiger partial charge in [0.05, 0.1) is 13.2 Å². The van der Waals surface area contributed by atoms with E-state index in [2.05, 4.69) is 5.32 Å². The molecule has 10 heteroatoms. The summed E-state index contributed by atoms with van der Waals surface area (Å²) in [6.07, 6.45) is 0. The second kappa shape index (κ2) is 9.13. The number of rotatable bonds is 5. The molecule has 0 bridgehead atoms. The van der Waals surface area contributed by atoms with Crippen LogP contribution in [0.25, 0.3) is 0 Å². The third-order valence-electron chi connectivity index (χ3n) is 3.66. The fraction of sp³-hybridized carbons (Fsp3) is 0.500. The number of anilines is 1. The number of piperazine rings is 1. The largest absolute Gasteiger partial charge is 0.465 e. The van der Waals surface area contributed by atoms with Crippen LogP contribution in [0.2, 0.25) is 0 Å². The third-order valence-corrected chi connectivity index (χ3v) is 4.40. The van der Waals surface area contributed by atoms with E-state index in [4.69, 9.17) is 4.74 Å². The molecular formula is C16H20F3N3O3S. The standard InChI is InChI=1S/C16H20F3N3O3S/c1-2-25-14(23)11-21-7-9-22(10-8-21)15(24)20-12-3-5-13(6-4-12)26-16(17,18)19/h3-6H,2,7-11H2,1H3,(H,20,24). The van der Waals surface area contributed by atoms with Gasteiger partial charge in [-0.2, -0.15) is 13.2 Å². The maximum absolute atomic E-state index is 12.3. The molecule has 0 aromatic heterocycles. The second-order valence-corrected chi connectivity index (χ2v) is 6.71. The molecule has 1 heterocycles. The maximum Gasteiger partial charge on any atom is 0.446 e. The van der Waals surface area contributed by atoms with Gasteiger partial charge in [-0.15, -0.1) is 0 Å². The number of nitrogens with zero attached hydrogens (tertiary/aromatic N) is 2. The first kappa shape index (κ1) is 20.4.